The molecule has 0 saturated carbocycles. The van der Waals surface area contributed by atoms with Gasteiger partial charge in [0, 0.05) is 46.0 Å². The van der Waals surface area contributed by atoms with Crippen LogP contribution in [0.2, 0.25) is 0 Å². The summed E-state index contributed by atoms with van der Waals surface area (Å²) in [6.45, 7) is 6.24. The number of aryl methyl sites for hydroxylation is 1. The third kappa shape index (κ3) is 4.69. The fourth-order valence-electron chi connectivity index (χ4n) is 4.76. The van der Waals surface area contributed by atoms with Gasteiger partial charge in [0.15, 0.2) is 5.65 Å². The number of nitrogens with zero attached hydrogens (tertiary/aromatic N) is 5. The molecular formula is C28H31N5O3. The molecule has 1 aliphatic heterocycles. The molecule has 1 amide bonds. The second kappa shape index (κ2) is 10.5. The summed E-state index contributed by atoms with van der Waals surface area (Å²) < 4.78 is 12.5. The minimum Gasteiger partial charge on any atom is -0.497 e. The molecule has 1 fully saturated rings. The van der Waals surface area contributed by atoms with E-state index in [4.69, 9.17) is 19.6 Å². The molecule has 1 aliphatic rings. The number of hydrogen-bond donors (Lipinski definition) is 0. The largest absolute Gasteiger partial charge is 0.497 e. The number of ether oxygens (including phenoxy) is 2. The zero-order valence-electron chi connectivity index (χ0n) is 21.0. The molecule has 2 aromatic heterocycles. The number of benzene rings is 2. The van der Waals surface area contributed by atoms with Crippen LogP contribution < -0.4 is 4.74 Å². The van der Waals surface area contributed by atoms with Crippen LogP contribution in [-0.4, -0.2) is 70.7 Å². The summed E-state index contributed by atoms with van der Waals surface area (Å²) in [4.78, 5) is 22.5. The van der Waals surface area contributed by atoms with Gasteiger partial charge in [-0.15, -0.1) is 0 Å². The maximum atomic E-state index is 13.5. The Morgan fingerprint density at radius 2 is 1.69 bits per heavy atom. The van der Waals surface area contributed by atoms with Crippen molar-refractivity contribution in [2.45, 2.75) is 20.1 Å². The monoisotopic (exact) mass is 485 g/mol. The minimum atomic E-state index is -0.00366. The Balaban J connectivity index is 1.38. The first-order valence-electron chi connectivity index (χ1n) is 12.1. The number of aromatic nitrogens is 3. The maximum absolute atomic E-state index is 13.5. The Morgan fingerprint density at radius 3 is 2.36 bits per heavy atom. The molecule has 0 aliphatic carbocycles. The van der Waals surface area contributed by atoms with Gasteiger partial charge in [0.2, 0.25) is 0 Å². The summed E-state index contributed by atoms with van der Waals surface area (Å²) >= 11 is 0. The molecule has 1 saturated heterocycles. The molecule has 0 spiro atoms. The second-order valence-corrected chi connectivity index (χ2v) is 9.03. The summed E-state index contributed by atoms with van der Waals surface area (Å²) in [7, 11) is 3.29. The van der Waals surface area contributed by atoms with Gasteiger partial charge in [0.05, 0.1) is 36.2 Å². The zero-order chi connectivity index (χ0) is 25.1. The third-order valence-corrected chi connectivity index (χ3v) is 6.76. The smallest absolute Gasteiger partial charge is 0.257 e. The van der Waals surface area contributed by atoms with Crippen molar-refractivity contribution < 1.29 is 14.3 Å². The van der Waals surface area contributed by atoms with E-state index in [-0.39, 0.29) is 5.91 Å². The molecule has 8 nitrogen and oxygen atoms in total. The Hall–Kier alpha value is -3.75. The molecule has 0 bridgehead atoms. The van der Waals surface area contributed by atoms with Crippen LogP contribution in [0.25, 0.3) is 16.8 Å². The van der Waals surface area contributed by atoms with Crippen LogP contribution in [0.3, 0.4) is 0 Å². The number of carbonyl (C=O) groups excluding carboxylic acids is 1. The quantitative estimate of drug-likeness (QED) is 0.396. The summed E-state index contributed by atoms with van der Waals surface area (Å²) in [5.74, 6) is 0.778. The van der Waals surface area contributed by atoms with Crippen molar-refractivity contribution in [1.29, 1.82) is 0 Å². The molecule has 8 heteroatoms. The zero-order valence-corrected chi connectivity index (χ0v) is 21.0. The van der Waals surface area contributed by atoms with Crippen LogP contribution in [0, 0.1) is 6.92 Å². The molecule has 5 rings (SSSR count). The summed E-state index contributed by atoms with van der Waals surface area (Å²) in [5.41, 5.74) is 5.99. The van der Waals surface area contributed by atoms with Gasteiger partial charge in [-0.2, -0.15) is 5.10 Å². The van der Waals surface area contributed by atoms with Crippen LogP contribution in [0.1, 0.15) is 27.3 Å². The van der Waals surface area contributed by atoms with Crippen molar-refractivity contribution in [3.05, 3.63) is 83.3 Å². The van der Waals surface area contributed by atoms with Crippen LogP contribution >= 0.6 is 0 Å². The summed E-state index contributed by atoms with van der Waals surface area (Å²) in [6, 6.07) is 18.2. The van der Waals surface area contributed by atoms with Gasteiger partial charge in [0.1, 0.15) is 5.75 Å². The highest BCUT2D eigenvalue weighted by Crippen LogP contribution is 2.30. The number of piperazine rings is 1. The number of rotatable bonds is 7. The highest BCUT2D eigenvalue weighted by atomic mass is 16.5. The van der Waals surface area contributed by atoms with Crippen LogP contribution in [-0.2, 0) is 17.9 Å². The highest BCUT2D eigenvalue weighted by Gasteiger charge is 2.26. The average Bonchev–Trinajstić information content (AvgIpc) is 3.29. The second-order valence-electron chi connectivity index (χ2n) is 9.03. The third-order valence-electron chi connectivity index (χ3n) is 6.76. The fraction of sp³-hybridized carbons (Fsp3) is 0.321. The van der Waals surface area contributed by atoms with E-state index in [2.05, 4.69) is 29.2 Å². The van der Waals surface area contributed by atoms with E-state index in [0.717, 1.165) is 47.9 Å². The molecule has 2 aromatic carbocycles. The topological polar surface area (TPSA) is 72.2 Å². The van der Waals surface area contributed by atoms with Gasteiger partial charge < -0.3 is 14.4 Å². The minimum absolute atomic E-state index is 0.00366. The van der Waals surface area contributed by atoms with E-state index in [1.807, 2.05) is 42.2 Å². The summed E-state index contributed by atoms with van der Waals surface area (Å²) in [6.07, 6.45) is 1.69. The summed E-state index contributed by atoms with van der Waals surface area (Å²) in [5, 5.41) is 4.79. The van der Waals surface area contributed by atoms with Crippen molar-refractivity contribution in [3.8, 4) is 16.9 Å². The van der Waals surface area contributed by atoms with Gasteiger partial charge in [0.25, 0.3) is 5.91 Å². The first-order valence-corrected chi connectivity index (χ1v) is 12.1. The standard InChI is InChI=1S/C28H31N5O3/c1-20-24(28(34)32-15-13-31(14-16-32)18-21-7-5-4-6-8-21)17-29-27-26(25(19-35-2)30-33(20)27)22-9-11-23(36-3)12-10-22/h4-12,17H,13-16,18-19H2,1-3H3. The fourth-order valence-corrected chi connectivity index (χ4v) is 4.76. The molecule has 0 unspecified atom stereocenters. The molecule has 0 radical (unpaired) electrons. The Morgan fingerprint density at radius 1 is 0.972 bits per heavy atom. The Kier molecular flexibility index (Phi) is 6.97. The Bertz CT molecular complexity index is 1340. The lowest BCUT2D eigenvalue weighted by atomic mass is 10.1. The van der Waals surface area contributed by atoms with Gasteiger partial charge in [-0.25, -0.2) is 9.50 Å². The Labute approximate surface area is 211 Å². The van der Waals surface area contributed by atoms with Crippen LogP contribution in [0.5, 0.6) is 5.75 Å². The van der Waals surface area contributed by atoms with E-state index in [1.54, 1.807) is 24.9 Å². The van der Waals surface area contributed by atoms with Crippen molar-refractivity contribution in [1.82, 2.24) is 24.4 Å². The molecule has 36 heavy (non-hydrogen) atoms. The lowest BCUT2D eigenvalue weighted by molar-refractivity contribution is 0.0626. The molecule has 0 atom stereocenters. The van der Waals surface area contributed by atoms with E-state index in [1.165, 1.54) is 5.56 Å². The first kappa shape index (κ1) is 24.0. The lowest BCUT2D eigenvalue weighted by Crippen LogP contribution is -2.48. The predicted molar refractivity (Wildman–Crippen MR) is 138 cm³/mol. The van der Waals surface area contributed by atoms with Gasteiger partial charge >= 0.3 is 0 Å². The molecule has 0 N–H and O–H groups in total. The van der Waals surface area contributed by atoms with E-state index in [0.29, 0.717) is 30.9 Å². The highest BCUT2D eigenvalue weighted by molar-refractivity contribution is 5.95. The SMILES string of the molecule is COCc1nn2c(C)c(C(=O)N3CCN(Cc4ccccc4)CC3)cnc2c1-c1ccc(OC)cc1. The average molecular weight is 486 g/mol. The van der Waals surface area contributed by atoms with Gasteiger partial charge in [-0.05, 0) is 30.2 Å². The molecule has 186 valence electrons. The van der Waals surface area contributed by atoms with Gasteiger partial charge in [-0.3, -0.25) is 9.69 Å². The predicted octanol–water partition coefficient (Wildman–Crippen LogP) is 3.82. The number of hydrogen-bond acceptors (Lipinski definition) is 6. The van der Waals surface area contributed by atoms with E-state index < -0.39 is 0 Å². The normalized spacial score (nSPS) is 14.4. The number of carbonyl (C=O) groups is 1. The van der Waals surface area contributed by atoms with Crippen molar-refractivity contribution in [2.75, 3.05) is 40.4 Å². The van der Waals surface area contributed by atoms with E-state index in [9.17, 15) is 4.79 Å². The van der Waals surface area contributed by atoms with Crippen LogP contribution in [0.4, 0.5) is 0 Å². The first-order chi connectivity index (χ1) is 17.6. The number of methoxy groups -OCH3 is 2. The van der Waals surface area contributed by atoms with Crippen molar-refractivity contribution >= 4 is 11.6 Å². The number of amides is 1. The lowest BCUT2D eigenvalue weighted by Gasteiger charge is -2.35. The van der Waals surface area contributed by atoms with E-state index >= 15 is 0 Å². The van der Waals surface area contributed by atoms with Crippen molar-refractivity contribution in [2.24, 2.45) is 0 Å². The molecule has 4 aromatic rings. The molecule has 3 heterocycles. The van der Waals surface area contributed by atoms with Crippen molar-refractivity contribution in [3.63, 3.8) is 0 Å². The van der Waals surface area contributed by atoms with Gasteiger partial charge in [-0.1, -0.05) is 42.5 Å². The number of fused-ring (bicyclic) bond motifs is 1. The molecular weight excluding hydrogens is 454 g/mol. The van der Waals surface area contributed by atoms with Crippen LogP contribution in [0.15, 0.2) is 60.8 Å². The maximum Gasteiger partial charge on any atom is 0.257 e.